The molecule has 0 unspecified atom stereocenters. The van der Waals surface area contributed by atoms with E-state index in [1.807, 2.05) is 30.3 Å². The number of aromatic nitrogens is 4. The molecule has 1 fully saturated rings. The molecule has 7 nitrogen and oxygen atoms in total. The number of ether oxygens (including phenoxy) is 1. The lowest BCUT2D eigenvalue weighted by molar-refractivity contribution is 0.104. The molecule has 3 aromatic heterocycles. The third kappa shape index (κ3) is 3.14. The summed E-state index contributed by atoms with van der Waals surface area (Å²) in [6, 6.07) is 14.5. The summed E-state index contributed by atoms with van der Waals surface area (Å²) in [6.45, 7) is 1.78. The fourth-order valence-electron chi connectivity index (χ4n) is 3.94. The lowest BCUT2D eigenvalue weighted by Gasteiger charge is -2.24. The number of hydrogen-bond donors (Lipinski definition) is 3. The number of H-pyrrole nitrogens is 2. The number of aromatic amines is 2. The van der Waals surface area contributed by atoms with Gasteiger partial charge in [-0.1, -0.05) is 29.8 Å². The highest BCUT2D eigenvalue weighted by Gasteiger charge is 2.25. The number of hydrogen-bond acceptors (Lipinski definition) is 5. The summed E-state index contributed by atoms with van der Waals surface area (Å²) in [5, 5.41) is 4.27. The van der Waals surface area contributed by atoms with Gasteiger partial charge in [-0.15, -0.1) is 0 Å². The fraction of sp³-hybridized carbons (Fsp3) is 0.125. The van der Waals surface area contributed by atoms with E-state index in [4.69, 9.17) is 21.3 Å². The number of pyridine rings is 1. The average Bonchev–Trinajstić information content (AvgIpc) is 3.36. The predicted octanol–water partition coefficient (Wildman–Crippen LogP) is 4.80. The van der Waals surface area contributed by atoms with E-state index in [9.17, 15) is 4.79 Å². The molecule has 3 N–H and O–H groups in total. The van der Waals surface area contributed by atoms with Crippen LogP contribution in [0.25, 0.3) is 22.1 Å². The van der Waals surface area contributed by atoms with Crippen LogP contribution >= 0.6 is 11.6 Å². The van der Waals surface area contributed by atoms with Crippen LogP contribution in [0.4, 0.5) is 0 Å². The standard InChI is InChI=1S/C24H18ClN5O2/c25-18-8-15(32-14-4-2-1-3-5-14)6-7-16(18)22(31)17-11-27-24-20(17)21-19(12-28-24)29-23(30-21)13-9-26-10-13/h1-8,11-13,26H,9-10H2,(H,27,28)(H,29,30). The number of imidazole rings is 1. The van der Waals surface area contributed by atoms with Gasteiger partial charge in [-0.05, 0) is 24.3 Å². The highest BCUT2D eigenvalue weighted by molar-refractivity contribution is 6.36. The van der Waals surface area contributed by atoms with Gasteiger partial charge in [0.1, 0.15) is 28.5 Å². The number of benzene rings is 2. The Labute approximate surface area is 187 Å². The Balaban J connectivity index is 1.38. The Kier molecular flexibility index (Phi) is 4.45. The zero-order valence-corrected chi connectivity index (χ0v) is 17.6. The van der Waals surface area contributed by atoms with Crippen molar-refractivity contribution in [2.45, 2.75) is 5.92 Å². The second-order valence-electron chi connectivity index (χ2n) is 7.81. The van der Waals surface area contributed by atoms with Crippen molar-refractivity contribution in [1.82, 2.24) is 25.3 Å². The van der Waals surface area contributed by atoms with Gasteiger partial charge in [0.25, 0.3) is 0 Å². The maximum Gasteiger partial charge on any atom is 0.196 e. The summed E-state index contributed by atoms with van der Waals surface area (Å²) in [4.78, 5) is 29.1. The first kappa shape index (κ1) is 19.0. The van der Waals surface area contributed by atoms with Crippen molar-refractivity contribution in [3.05, 3.63) is 82.9 Å². The van der Waals surface area contributed by atoms with Gasteiger partial charge in [0.2, 0.25) is 0 Å². The zero-order chi connectivity index (χ0) is 21.7. The molecule has 32 heavy (non-hydrogen) atoms. The maximum atomic E-state index is 13.4. The molecular weight excluding hydrogens is 426 g/mol. The van der Waals surface area contributed by atoms with Crippen molar-refractivity contribution < 1.29 is 9.53 Å². The van der Waals surface area contributed by atoms with Crippen LogP contribution in [0.3, 0.4) is 0 Å². The molecule has 4 heterocycles. The largest absolute Gasteiger partial charge is 0.457 e. The van der Waals surface area contributed by atoms with Gasteiger partial charge in [-0.25, -0.2) is 9.97 Å². The first-order valence-electron chi connectivity index (χ1n) is 10.3. The molecule has 158 valence electrons. The molecule has 1 aliphatic rings. The summed E-state index contributed by atoms with van der Waals surface area (Å²) in [6.07, 6.45) is 3.41. The smallest absolute Gasteiger partial charge is 0.196 e. The van der Waals surface area contributed by atoms with Crippen molar-refractivity contribution in [3.63, 3.8) is 0 Å². The minimum absolute atomic E-state index is 0.198. The summed E-state index contributed by atoms with van der Waals surface area (Å²) in [5.41, 5.74) is 3.05. The Morgan fingerprint density at radius 3 is 2.66 bits per heavy atom. The molecule has 0 radical (unpaired) electrons. The quantitative estimate of drug-likeness (QED) is 0.339. The predicted molar refractivity (Wildman–Crippen MR) is 123 cm³/mol. The molecule has 5 aromatic rings. The minimum Gasteiger partial charge on any atom is -0.457 e. The lowest BCUT2D eigenvalue weighted by Crippen LogP contribution is -2.40. The zero-order valence-electron chi connectivity index (χ0n) is 16.9. The van der Waals surface area contributed by atoms with Gasteiger partial charge < -0.3 is 20.0 Å². The Hall–Kier alpha value is -3.68. The molecule has 0 aliphatic carbocycles. The van der Waals surface area contributed by atoms with E-state index in [2.05, 4.69) is 20.3 Å². The second kappa shape index (κ2) is 7.47. The summed E-state index contributed by atoms with van der Waals surface area (Å²) in [5.74, 6) is 2.32. The number of fused-ring (bicyclic) bond motifs is 3. The first-order valence-corrected chi connectivity index (χ1v) is 10.7. The average molecular weight is 444 g/mol. The third-order valence-electron chi connectivity index (χ3n) is 5.75. The van der Waals surface area contributed by atoms with Crippen LogP contribution in [-0.4, -0.2) is 38.8 Å². The van der Waals surface area contributed by atoms with Crippen LogP contribution in [0, 0.1) is 0 Å². The van der Waals surface area contributed by atoms with E-state index >= 15 is 0 Å². The van der Waals surface area contributed by atoms with Gasteiger partial charge in [-0.3, -0.25) is 4.79 Å². The number of carbonyl (C=O) groups excluding carboxylic acids is 1. The minimum atomic E-state index is -0.198. The second-order valence-corrected chi connectivity index (χ2v) is 8.22. The summed E-state index contributed by atoms with van der Waals surface area (Å²) >= 11 is 6.49. The van der Waals surface area contributed by atoms with E-state index in [0.29, 0.717) is 44.6 Å². The van der Waals surface area contributed by atoms with E-state index < -0.39 is 0 Å². The van der Waals surface area contributed by atoms with Crippen LogP contribution in [0.5, 0.6) is 11.5 Å². The van der Waals surface area contributed by atoms with Gasteiger partial charge in [-0.2, -0.15) is 0 Å². The highest BCUT2D eigenvalue weighted by atomic mass is 35.5. The molecule has 8 heteroatoms. The van der Waals surface area contributed by atoms with Crippen molar-refractivity contribution in [2.24, 2.45) is 0 Å². The molecular formula is C24H18ClN5O2. The molecule has 2 aromatic carbocycles. The van der Waals surface area contributed by atoms with Crippen molar-refractivity contribution >= 4 is 39.5 Å². The number of halogens is 1. The topological polar surface area (TPSA) is 95.7 Å². The van der Waals surface area contributed by atoms with Crippen molar-refractivity contribution in [1.29, 1.82) is 0 Å². The Morgan fingerprint density at radius 2 is 1.91 bits per heavy atom. The van der Waals surface area contributed by atoms with E-state index in [1.165, 1.54) is 0 Å². The van der Waals surface area contributed by atoms with Crippen LogP contribution < -0.4 is 10.1 Å². The molecule has 0 spiro atoms. The molecule has 1 saturated heterocycles. The fourth-order valence-corrected chi connectivity index (χ4v) is 4.20. The van der Waals surface area contributed by atoms with Gasteiger partial charge in [0.15, 0.2) is 5.78 Å². The lowest BCUT2D eigenvalue weighted by atomic mass is 10.0. The Bertz CT molecular complexity index is 1470. The van der Waals surface area contributed by atoms with E-state index in [1.54, 1.807) is 30.6 Å². The molecule has 1 aliphatic heterocycles. The number of para-hydroxylation sites is 1. The third-order valence-corrected chi connectivity index (χ3v) is 6.06. The normalized spacial score (nSPS) is 14.0. The van der Waals surface area contributed by atoms with Crippen LogP contribution in [0.1, 0.15) is 27.7 Å². The summed E-state index contributed by atoms with van der Waals surface area (Å²) in [7, 11) is 0. The number of nitrogens with one attached hydrogen (secondary N) is 3. The Morgan fingerprint density at radius 1 is 1.06 bits per heavy atom. The van der Waals surface area contributed by atoms with E-state index in [-0.39, 0.29) is 5.78 Å². The van der Waals surface area contributed by atoms with Crippen LogP contribution in [-0.2, 0) is 0 Å². The van der Waals surface area contributed by atoms with Crippen LogP contribution in [0.2, 0.25) is 5.02 Å². The van der Waals surface area contributed by atoms with Gasteiger partial charge in [0, 0.05) is 36.8 Å². The van der Waals surface area contributed by atoms with Crippen LogP contribution in [0.15, 0.2) is 60.9 Å². The highest BCUT2D eigenvalue weighted by Crippen LogP contribution is 2.32. The SMILES string of the molecule is O=C(c1ccc(Oc2ccccc2)cc1Cl)c1c[nH]c2ncc3[nH]c(C4CNC4)nc3c12. The van der Waals surface area contributed by atoms with Crippen molar-refractivity contribution in [3.8, 4) is 11.5 Å². The molecule has 0 bridgehead atoms. The number of rotatable bonds is 5. The van der Waals surface area contributed by atoms with Crippen molar-refractivity contribution in [2.75, 3.05) is 13.1 Å². The van der Waals surface area contributed by atoms with E-state index in [0.717, 1.165) is 29.9 Å². The summed E-state index contributed by atoms with van der Waals surface area (Å²) < 4.78 is 5.82. The first-order chi connectivity index (χ1) is 15.7. The number of ketones is 1. The molecule has 6 rings (SSSR count). The number of nitrogens with zero attached hydrogens (tertiary/aromatic N) is 2. The molecule has 0 atom stereocenters. The number of carbonyl (C=O) groups is 1. The molecule has 0 amide bonds. The molecule has 0 saturated carbocycles. The maximum absolute atomic E-state index is 13.4. The van der Waals surface area contributed by atoms with Gasteiger partial charge in [0.05, 0.1) is 27.7 Å². The van der Waals surface area contributed by atoms with Gasteiger partial charge >= 0.3 is 0 Å². The monoisotopic (exact) mass is 443 g/mol.